The Morgan fingerprint density at radius 2 is 2.05 bits per heavy atom. The monoisotopic (exact) mass is 260 g/mol. The van der Waals surface area contributed by atoms with Gasteiger partial charge in [-0.2, -0.15) is 0 Å². The smallest absolute Gasteiger partial charge is 0.220 e. The minimum Gasteiger partial charge on any atom is -0.355 e. The highest BCUT2D eigenvalue weighted by molar-refractivity contribution is 5.76. The van der Waals surface area contributed by atoms with E-state index in [4.69, 9.17) is 0 Å². The summed E-state index contributed by atoms with van der Waals surface area (Å²) in [7, 11) is 0. The van der Waals surface area contributed by atoms with Crippen molar-refractivity contribution >= 4 is 5.91 Å². The Morgan fingerprint density at radius 1 is 1.32 bits per heavy atom. The van der Waals surface area contributed by atoms with E-state index in [1.54, 1.807) is 0 Å². The molecular weight excluding hydrogens is 236 g/mol. The Balaban J connectivity index is 1.89. The number of amides is 1. The van der Waals surface area contributed by atoms with Crippen LogP contribution in [0.5, 0.6) is 0 Å². The molecule has 1 saturated heterocycles. The number of hydrogen-bond acceptors (Lipinski definition) is 2. The molecule has 1 aromatic rings. The normalized spacial score (nSPS) is 21.2. The van der Waals surface area contributed by atoms with E-state index in [0.29, 0.717) is 24.3 Å². The maximum Gasteiger partial charge on any atom is 0.220 e. The topological polar surface area (TPSA) is 41.1 Å². The van der Waals surface area contributed by atoms with Crippen LogP contribution in [0.2, 0.25) is 0 Å². The average Bonchev–Trinajstić information content (AvgIpc) is 2.42. The van der Waals surface area contributed by atoms with Crippen molar-refractivity contribution in [2.24, 2.45) is 5.92 Å². The van der Waals surface area contributed by atoms with Crippen LogP contribution in [0.3, 0.4) is 0 Å². The Hall–Kier alpha value is -1.35. The molecule has 0 radical (unpaired) electrons. The van der Waals surface area contributed by atoms with Crippen molar-refractivity contribution in [1.82, 2.24) is 10.6 Å². The molecule has 2 rings (SSSR count). The van der Waals surface area contributed by atoms with Crippen molar-refractivity contribution in [2.75, 3.05) is 13.1 Å². The van der Waals surface area contributed by atoms with E-state index in [9.17, 15) is 4.79 Å². The second-order valence-corrected chi connectivity index (χ2v) is 5.71. The maximum absolute atomic E-state index is 11.1. The van der Waals surface area contributed by atoms with E-state index in [0.717, 1.165) is 19.5 Å². The summed E-state index contributed by atoms with van der Waals surface area (Å²) >= 11 is 0. The van der Waals surface area contributed by atoms with Crippen molar-refractivity contribution < 1.29 is 4.79 Å². The third-order valence-corrected chi connectivity index (χ3v) is 3.92. The van der Waals surface area contributed by atoms with Gasteiger partial charge in [-0.1, -0.05) is 44.2 Å². The van der Waals surface area contributed by atoms with Crippen LogP contribution in [-0.2, 0) is 4.79 Å². The minimum absolute atomic E-state index is 0.182. The molecule has 1 fully saturated rings. The van der Waals surface area contributed by atoms with Crippen molar-refractivity contribution in [3.8, 4) is 0 Å². The summed E-state index contributed by atoms with van der Waals surface area (Å²) in [5.41, 5.74) is 1.39. The number of benzene rings is 1. The molecular formula is C16H24N2O. The van der Waals surface area contributed by atoms with Gasteiger partial charge in [0.05, 0.1) is 0 Å². The number of nitrogens with one attached hydrogen (secondary N) is 2. The van der Waals surface area contributed by atoms with Crippen LogP contribution in [0.15, 0.2) is 30.3 Å². The molecule has 0 bridgehead atoms. The summed E-state index contributed by atoms with van der Waals surface area (Å²) in [5, 5.41) is 6.53. The highest BCUT2D eigenvalue weighted by Crippen LogP contribution is 2.23. The van der Waals surface area contributed by atoms with Crippen LogP contribution in [0.25, 0.3) is 0 Å². The second-order valence-electron chi connectivity index (χ2n) is 5.71. The third-order valence-electron chi connectivity index (χ3n) is 3.92. The van der Waals surface area contributed by atoms with E-state index in [1.165, 1.54) is 5.56 Å². The van der Waals surface area contributed by atoms with Gasteiger partial charge >= 0.3 is 0 Å². The molecule has 1 aromatic carbocycles. The predicted octanol–water partition coefficient (Wildman–Crippen LogP) is 2.29. The lowest BCUT2D eigenvalue weighted by Crippen LogP contribution is -2.47. The van der Waals surface area contributed by atoms with Gasteiger partial charge in [0.2, 0.25) is 5.91 Å². The Bertz CT molecular complexity index is 392. The first kappa shape index (κ1) is 14.1. The van der Waals surface area contributed by atoms with Crippen molar-refractivity contribution in [1.29, 1.82) is 0 Å². The molecule has 3 nitrogen and oxygen atoms in total. The molecule has 104 valence electrons. The molecule has 2 atom stereocenters. The molecule has 2 unspecified atom stereocenters. The fourth-order valence-electron chi connectivity index (χ4n) is 2.64. The summed E-state index contributed by atoms with van der Waals surface area (Å²) in [5.74, 6) is 1.31. The molecule has 1 heterocycles. The standard InChI is InChI=1S/C16H24N2O/c1-12(2)15(13-6-4-3-5-7-13)11-17-14-8-9-16(19)18-10-14/h3-7,12,14-15,17H,8-11H2,1-2H3,(H,18,19). The molecule has 19 heavy (non-hydrogen) atoms. The molecule has 2 N–H and O–H groups in total. The molecule has 0 saturated carbocycles. The molecule has 3 heteroatoms. The summed E-state index contributed by atoms with van der Waals surface area (Å²) in [4.78, 5) is 11.1. The number of carbonyl (C=O) groups excluding carboxylic acids is 1. The highest BCUT2D eigenvalue weighted by atomic mass is 16.1. The van der Waals surface area contributed by atoms with Crippen molar-refractivity contribution in [3.63, 3.8) is 0 Å². The molecule has 0 aliphatic carbocycles. The van der Waals surface area contributed by atoms with Gasteiger partial charge in [-0.3, -0.25) is 4.79 Å². The van der Waals surface area contributed by atoms with Crippen LogP contribution >= 0.6 is 0 Å². The van der Waals surface area contributed by atoms with Crippen LogP contribution in [0.1, 0.15) is 38.2 Å². The zero-order valence-electron chi connectivity index (χ0n) is 11.9. The van der Waals surface area contributed by atoms with E-state index in [2.05, 4.69) is 54.8 Å². The summed E-state index contributed by atoms with van der Waals surface area (Å²) in [6, 6.07) is 11.1. The number of carbonyl (C=O) groups is 1. The van der Waals surface area contributed by atoms with Crippen LogP contribution in [-0.4, -0.2) is 25.0 Å². The van der Waals surface area contributed by atoms with E-state index >= 15 is 0 Å². The quantitative estimate of drug-likeness (QED) is 0.853. The van der Waals surface area contributed by atoms with Gasteiger partial charge in [-0.05, 0) is 23.8 Å². The van der Waals surface area contributed by atoms with Crippen molar-refractivity contribution in [3.05, 3.63) is 35.9 Å². The largest absolute Gasteiger partial charge is 0.355 e. The van der Waals surface area contributed by atoms with Crippen molar-refractivity contribution in [2.45, 2.75) is 38.6 Å². The zero-order chi connectivity index (χ0) is 13.7. The fraction of sp³-hybridized carbons (Fsp3) is 0.562. The Labute approximate surface area is 115 Å². The third kappa shape index (κ3) is 4.06. The van der Waals surface area contributed by atoms with E-state index in [1.807, 2.05) is 0 Å². The minimum atomic E-state index is 0.182. The summed E-state index contributed by atoms with van der Waals surface area (Å²) in [6.07, 6.45) is 1.60. The highest BCUT2D eigenvalue weighted by Gasteiger charge is 2.20. The molecule has 1 aliphatic heterocycles. The van der Waals surface area contributed by atoms with Crippen LogP contribution in [0.4, 0.5) is 0 Å². The number of piperidine rings is 1. The SMILES string of the molecule is CC(C)C(CNC1CCC(=O)NC1)c1ccccc1. The first-order valence-electron chi connectivity index (χ1n) is 7.22. The number of hydrogen-bond donors (Lipinski definition) is 2. The summed E-state index contributed by atoms with van der Waals surface area (Å²) < 4.78 is 0. The predicted molar refractivity (Wildman–Crippen MR) is 78.1 cm³/mol. The summed E-state index contributed by atoms with van der Waals surface area (Å²) in [6.45, 7) is 6.27. The van der Waals surface area contributed by atoms with E-state index < -0.39 is 0 Å². The first-order chi connectivity index (χ1) is 9.16. The van der Waals surface area contributed by atoms with E-state index in [-0.39, 0.29) is 5.91 Å². The molecule has 1 aliphatic rings. The Morgan fingerprint density at radius 3 is 2.63 bits per heavy atom. The number of rotatable bonds is 5. The zero-order valence-corrected chi connectivity index (χ0v) is 11.9. The van der Waals surface area contributed by atoms with Gasteiger partial charge in [-0.25, -0.2) is 0 Å². The lowest BCUT2D eigenvalue weighted by molar-refractivity contribution is -0.122. The first-order valence-corrected chi connectivity index (χ1v) is 7.22. The Kier molecular flexibility index (Phi) is 4.97. The van der Waals surface area contributed by atoms with Gasteiger partial charge in [0, 0.05) is 25.6 Å². The van der Waals surface area contributed by atoms with Gasteiger partial charge in [0.25, 0.3) is 0 Å². The van der Waals surface area contributed by atoms with Gasteiger partial charge in [0.1, 0.15) is 0 Å². The van der Waals surface area contributed by atoms with Crippen LogP contribution in [0, 0.1) is 5.92 Å². The van der Waals surface area contributed by atoms with Crippen LogP contribution < -0.4 is 10.6 Å². The average molecular weight is 260 g/mol. The fourth-order valence-corrected chi connectivity index (χ4v) is 2.64. The van der Waals surface area contributed by atoms with Gasteiger partial charge in [-0.15, -0.1) is 0 Å². The van der Waals surface area contributed by atoms with Gasteiger partial charge in [0.15, 0.2) is 0 Å². The lowest BCUT2D eigenvalue weighted by Gasteiger charge is -2.28. The second kappa shape index (κ2) is 6.71. The lowest BCUT2D eigenvalue weighted by atomic mass is 9.88. The molecule has 0 spiro atoms. The van der Waals surface area contributed by atoms with Gasteiger partial charge < -0.3 is 10.6 Å². The molecule has 0 aromatic heterocycles. The molecule has 1 amide bonds. The maximum atomic E-state index is 11.1.